The number of imidazole rings is 1. The standard InChI is InChI=1S/C24H19N7/c1-14-5-7-25-11-19(14)16-3-4-21-17(9-16)23(30-29-21)22-10-18-20(28-22)6-8-26-24(18)31-12-15(2)27-13-31/h3-13,28H,1-2H3,(H,29,30). The van der Waals surface area contributed by atoms with Crippen LogP contribution in [0.3, 0.4) is 0 Å². The van der Waals surface area contributed by atoms with Crippen LogP contribution in [0.5, 0.6) is 0 Å². The molecular weight excluding hydrogens is 386 g/mol. The molecule has 31 heavy (non-hydrogen) atoms. The van der Waals surface area contributed by atoms with Gasteiger partial charge in [-0.15, -0.1) is 0 Å². The Hall–Kier alpha value is -4.26. The van der Waals surface area contributed by atoms with E-state index >= 15 is 0 Å². The summed E-state index contributed by atoms with van der Waals surface area (Å²) in [6.45, 7) is 4.07. The van der Waals surface area contributed by atoms with Gasteiger partial charge < -0.3 is 4.98 Å². The summed E-state index contributed by atoms with van der Waals surface area (Å²) in [7, 11) is 0. The predicted molar refractivity (Wildman–Crippen MR) is 121 cm³/mol. The zero-order chi connectivity index (χ0) is 20.9. The topological polar surface area (TPSA) is 88.1 Å². The van der Waals surface area contributed by atoms with E-state index in [1.54, 1.807) is 12.5 Å². The molecule has 7 heteroatoms. The van der Waals surface area contributed by atoms with Gasteiger partial charge in [0.05, 0.1) is 22.4 Å². The highest BCUT2D eigenvalue weighted by molar-refractivity contribution is 5.99. The average molecular weight is 405 g/mol. The van der Waals surface area contributed by atoms with Crippen molar-refractivity contribution < 1.29 is 0 Å². The molecule has 0 spiro atoms. The molecule has 0 aliphatic rings. The van der Waals surface area contributed by atoms with Crippen LogP contribution in [-0.4, -0.2) is 34.7 Å². The van der Waals surface area contributed by atoms with Gasteiger partial charge in [-0.1, -0.05) is 6.07 Å². The van der Waals surface area contributed by atoms with Crippen molar-refractivity contribution in [2.45, 2.75) is 13.8 Å². The summed E-state index contributed by atoms with van der Waals surface area (Å²) >= 11 is 0. The number of nitrogens with one attached hydrogen (secondary N) is 2. The molecule has 6 rings (SSSR count). The van der Waals surface area contributed by atoms with E-state index in [-0.39, 0.29) is 0 Å². The molecule has 0 bridgehead atoms. The summed E-state index contributed by atoms with van der Waals surface area (Å²) < 4.78 is 1.95. The van der Waals surface area contributed by atoms with Crippen molar-refractivity contribution in [1.82, 2.24) is 34.7 Å². The minimum absolute atomic E-state index is 0.840. The summed E-state index contributed by atoms with van der Waals surface area (Å²) in [4.78, 5) is 16.7. The van der Waals surface area contributed by atoms with Crippen LogP contribution in [0.25, 0.3) is 50.1 Å². The third-order valence-electron chi connectivity index (χ3n) is 5.65. The molecule has 1 aromatic carbocycles. The zero-order valence-electron chi connectivity index (χ0n) is 17.1. The molecule has 6 aromatic rings. The highest BCUT2D eigenvalue weighted by atomic mass is 15.1. The lowest BCUT2D eigenvalue weighted by atomic mass is 10.0. The maximum Gasteiger partial charge on any atom is 0.147 e. The first-order valence-corrected chi connectivity index (χ1v) is 10.1. The van der Waals surface area contributed by atoms with Crippen LogP contribution >= 0.6 is 0 Å². The number of aryl methyl sites for hydroxylation is 2. The fraction of sp³-hybridized carbons (Fsp3) is 0.0833. The van der Waals surface area contributed by atoms with E-state index in [1.807, 2.05) is 42.2 Å². The molecule has 5 heterocycles. The Labute approximate surface area is 177 Å². The fourth-order valence-electron chi connectivity index (χ4n) is 4.06. The average Bonchev–Trinajstić information content (AvgIpc) is 3.50. The lowest BCUT2D eigenvalue weighted by Gasteiger charge is -2.05. The Kier molecular flexibility index (Phi) is 3.76. The maximum absolute atomic E-state index is 4.61. The summed E-state index contributed by atoms with van der Waals surface area (Å²) in [6, 6.07) is 12.4. The van der Waals surface area contributed by atoms with Gasteiger partial charge in [-0.05, 0) is 55.3 Å². The van der Waals surface area contributed by atoms with Crippen LogP contribution in [0.1, 0.15) is 11.3 Å². The number of fused-ring (bicyclic) bond motifs is 2. The SMILES string of the molecule is Cc1cn(-c2nccc3[nH]c(-c4n[nH]c5ccc(-c6cnccc6C)cc45)cc23)cn1. The van der Waals surface area contributed by atoms with Crippen LogP contribution in [0.4, 0.5) is 0 Å². The number of nitrogens with zero attached hydrogens (tertiary/aromatic N) is 5. The Balaban J connectivity index is 1.52. The quantitative estimate of drug-likeness (QED) is 0.435. The molecule has 150 valence electrons. The molecule has 0 aliphatic heterocycles. The Morgan fingerprint density at radius 2 is 1.84 bits per heavy atom. The summed E-state index contributed by atoms with van der Waals surface area (Å²) in [5, 5.41) is 9.85. The number of rotatable bonds is 3. The van der Waals surface area contributed by atoms with Crippen molar-refractivity contribution >= 4 is 21.8 Å². The Morgan fingerprint density at radius 3 is 2.68 bits per heavy atom. The fourth-order valence-corrected chi connectivity index (χ4v) is 4.06. The number of benzene rings is 1. The van der Waals surface area contributed by atoms with Gasteiger partial charge in [0, 0.05) is 41.1 Å². The molecule has 0 unspecified atom stereocenters. The van der Waals surface area contributed by atoms with Crippen molar-refractivity contribution in [3.63, 3.8) is 0 Å². The van der Waals surface area contributed by atoms with E-state index < -0.39 is 0 Å². The highest BCUT2D eigenvalue weighted by Gasteiger charge is 2.15. The van der Waals surface area contributed by atoms with Gasteiger partial charge in [0.15, 0.2) is 0 Å². The van der Waals surface area contributed by atoms with Crippen LogP contribution in [0, 0.1) is 13.8 Å². The maximum atomic E-state index is 4.61. The van der Waals surface area contributed by atoms with Crippen molar-refractivity contribution in [2.24, 2.45) is 0 Å². The zero-order valence-corrected chi connectivity index (χ0v) is 17.1. The van der Waals surface area contributed by atoms with Crippen molar-refractivity contribution in [3.05, 3.63) is 78.8 Å². The Bertz CT molecular complexity index is 1570. The minimum atomic E-state index is 0.840. The summed E-state index contributed by atoms with van der Waals surface area (Å²) in [5.41, 5.74) is 8.18. The van der Waals surface area contributed by atoms with Gasteiger partial charge in [0.1, 0.15) is 17.8 Å². The number of aromatic nitrogens is 7. The van der Waals surface area contributed by atoms with Gasteiger partial charge in [-0.2, -0.15) is 5.10 Å². The third-order valence-corrected chi connectivity index (χ3v) is 5.65. The van der Waals surface area contributed by atoms with Crippen molar-refractivity contribution in [1.29, 1.82) is 0 Å². The second-order valence-corrected chi connectivity index (χ2v) is 7.72. The highest BCUT2D eigenvalue weighted by Crippen LogP contribution is 2.33. The van der Waals surface area contributed by atoms with E-state index in [1.165, 1.54) is 5.56 Å². The van der Waals surface area contributed by atoms with Crippen LogP contribution in [0.15, 0.2) is 67.5 Å². The first-order chi connectivity index (χ1) is 15.2. The molecule has 0 atom stereocenters. The second-order valence-electron chi connectivity index (χ2n) is 7.72. The van der Waals surface area contributed by atoms with Gasteiger partial charge in [0.25, 0.3) is 0 Å². The molecule has 0 amide bonds. The monoisotopic (exact) mass is 405 g/mol. The second kappa shape index (κ2) is 6.63. The van der Waals surface area contributed by atoms with Gasteiger partial charge >= 0.3 is 0 Å². The number of pyridine rings is 2. The van der Waals surface area contributed by atoms with Crippen molar-refractivity contribution in [2.75, 3.05) is 0 Å². The molecular formula is C24H19N7. The van der Waals surface area contributed by atoms with E-state index in [0.29, 0.717) is 0 Å². The van der Waals surface area contributed by atoms with Crippen LogP contribution < -0.4 is 0 Å². The number of aromatic amines is 2. The lowest BCUT2D eigenvalue weighted by molar-refractivity contribution is 1.01. The summed E-state index contributed by atoms with van der Waals surface area (Å²) in [6.07, 6.45) is 9.29. The van der Waals surface area contributed by atoms with E-state index in [4.69, 9.17) is 0 Å². The third kappa shape index (κ3) is 2.82. The predicted octanol–water partition coefficient (Wildman–Crippen LogP) is 4.97. The van der Waals surface area contributed by atoms with E-state index in [2.05, 4.69) is 61.3 Å². The molecule has 0 saturated heterocycles. The van der Waals surface area contributed by atoms with Crippen molar-refractivity contribution in [3.8, 4) is 28.3 Å². The molecule has 0 aliphatic carbocycles. The number of hydrogen-bond donors (Lipinski definition) is 2. The largest absolute Gasteiger partial charge is 0.353 e. The van der Waals surface area contributed by atoms with E-state index in [0.717, 1.165) is 55.8 Å². The number of hydrogen-bond acceptors (Lipinski definition) is 4. The smallest absolute Gasteiger partial charge is 0.147 e. The molecule has 7 nitrogen and oxygen atoms in total. The van der Waals surface area contributed by atoms with Gasteiger partial charge in [-0.3, -0.25) is 14.6 Å². The van der Waals surface area contributed by atoms with E-state index in [9.17, 15) is 0 Å². The molecule has 0 fully saturated rings. The number of H-pyrrole nitrogens is 2. The minimum Gasteiger partial charge on any atom is -0.353 e. The van der Waals surface area contributed by atoms with Crippen LogP contribution in [0.2, 0.25) is 0 Å². The first kappa shape index (κ1) is 17.6. The van der Waals surface area contributed by atoms with Gasteiger partial charge in [-0.25, -0.2) is 9.97 Å². The molecule has 5 aromatic heterocycles. The normalized spacial score (nSPS) is 11.5. The molecule has 0 saturated carbocycles. The molecule has 2 N–H and O–H groups in total. The summed E-state index contributed by atoms with van der Waals surface area (Å²) in [5.74, 6) is 0.840. The first-order valence-electron chi connectivity index (χ1n) is 10.1. The Morgan fingerprint density at radius 1 is 0.903 bits per heavy atom. The molecule has 0 radical (unpaired) electrons. The lowest BCUT2D eigenvalue weighted by Crippen LogP contribution is -1.94. The van der Waals surface area contributed by atoms with Gasteiger partial charge in [0.2, 0.25) is 0 Å². The van der Waals surface area contributed by atoms with Crippen LogP contribution in [-0.2, 0) is 0 Å².